The molecule has 1 aliphatic rings. The zero-order chi connectivity index (χ0) is 11.6. The van der Waals surface area contributed by atoms with Crippen LogP contribution in [0.1, 0.15) is 38.2 Å². The molecule has 0 atom stereocenters. The molecule has 1 fully saturated rings. The monoisotopic (exact) mass is 285 g/mol. The highest BCUT2D eigenvalue weighted by atomic mass is 79.9. The maximum Gasteiger partial charge on any atom is 0.137 e. The Kier molecular flexibility index (Phi) is 3.65. The number of nitrogens with one attached hydrogen (secondary N) is 1. The van der Waals surface area contributed by atoms with Gasteiger partial charge in [0.2, 0.25) is 0 Å². The average molecular weight is 286 g/mol. The SMILES string of the molecule is CCC1(NCc2ccc(F)c(Br)c2)CCC1. The average Bonchev–Trinajstić information content (AvgIpc) is 2.22. The molecule has 1 N–H and O–H groups in total. The molecule has 1 aromatic carbocycles. The minimum Gasteiger partial charge on any atom is -0.307 e. The fraction of sp³-hybridized carbons (Fsp3) is 0.538. The number of rotatable bonds is 4. The lowest BCUT2D eigenvalue weighted by Gasteiger charge is -2.42. The van der Waals surface area contributed by atoms with Crippen LogP contribution >= 0.6 is 15.9 Å². The molecule has 0 radical (unpaired) electrons. The maximum absolute atomic E-state index is 13.0. The highest BCUT2D eigenvalue weighted by Crippen LogP contribution is 2.34. The topological polar surface area (TPSA) is 12.0 Å². The van der Waals surface area contributed by atoms with Crippen molar-refractivity contribution in [2.45, 2.75) is 44.7 Å². The summed E-state index contributed by atoms with van der Waals surface area (Å²) in [5.41, 5.74) is 1.48. The minimum absolute atomic E-state index is 0.197. The molecule has 0 bridgehead atoms. The Bertz CT molecular complexity index is 369. The molecule has 0 aromatic heterocycles. The Balaban J connectivity index is 1.96. The molecule has 16 heavy (non-hydrogen) atoms. The van der Waals surface area contributed by atoms with Crippen molar-refractivity contribution in [2.75, 3.05) is 0 Å². The van der Waals surface area contributed by atoms with Crippen LogP contribution in [0.3, 0.4) is 0 Å². The number of hydrogen-bond acceptors (Lipinski definition) is 1. The van der Waals surface area contributed by atoms with Gasteiger partial charge in [-0.05, 0) is 59.3 Å². The normalized spacial score (nSPS) is 18.2. The summed E-state index contributed by atoms with van der Waals surface area (Å²) in [4.78, 5) is 0. The molecule has 0 aliphatic heterocycles. The first-order valence-electron chi connectivity index (χ1n) is 5.84. The zero-order valence-electron chi connectivity index (χ0n) is 9.52. The van der Waals surface area contributed by atoms with Crippen LogP contribution in [-0.4, -0.2) is 5.54 Å². The number of hydrogen-bond donors (Lipinski definition) is 1. The highest BCUT2D eigenvalue weighted by molar-refractivity contribution is 9.10. The van der Waals surface area contributed by atoms with Gasteiger partial charge in [-0.3, -0.25) is 0 Å². The third-order valence-corrected chi connectivity index (χ3v) is 4.25. The predicted octanol–water partition coefficient (Wildman–Crippen LogP) is 4.01. The van der Waals surface area contributed by atoms with Crippen LogP contribution in [0.5, 0.6) is 0 Å². The van der Waals surface area contributed by atoms with E-state index in [4.69, 9.17) is 0 Å². The number of benzene rings is 1. The van der Waals surface area contributed by atoms with Crippen molar-refractivity contribution in [3.05, 3.63) is 34.1 Å². The van der Waals surface area contributed by atoms with Crippen LogP contribution in [0.15, 0.2) is 22.7 Å². The second kappa shape index (κ2) is 4.84. The molecule has 1 nitrogen and oxygen atoms in total. The molecule has 0 heterocycles. The summed E-state index contributed by atoms with van der Waals surface area (Å²) in [6.07, 6.45) is 5.04. The lowest BCUT2D eigenvalue weighted by molar-refractivity contribution is 0.175. The van der Waals surface area contributed by atoms with Crippen LogP contribution < -0.4 is 5.32 Å². The summed E-state index contributed by atoms with van der Waals surface area (Å²) in [5.74, 6) is -0.197. The van der Waals surface area contributed by atoms with E-state index in [0.29, 0.717) is 10.0 Å². The maximum atomic E-state index is 13.0. The van der Waals surface area contributed by atoms with Gasteiger partial charge in [0.15, 0.2) is 0 Å². The largest absolute Gasteiger partial charge is 0.307 e. The fourth-order valence-electron chi connectivity index (χ4n) is 2.20. The molecular formula is C13H17BrFN. The van der Waals surface area contributed by atoms with Crippen LogP contribution in [-0.2, 0) is 6.54 Å². The van der Waals surface area contributed by atoms with Gasteiger partial charge < -0.3 is 5.32 Å². The van der Waals surface area contributed by atoms with Crippen LogP contribution in [0.25, 0.3) is 0 Å². The van der Waals surface area contributed by atoms with E-state index in [9.17, 15) is 4.39 Å². The summed E-state index contributed by atoms with van der Waals surface area (Å²) in [6, 6.07) is 5.21. The quantitative estimate of drug-likeness (QED) is 0.881. The van der Waals surface area contributed by atoms with Gasteiger partial charge in [-0.1, -0.05) is 13.0 Å². The molecule has 1 aliphatic carbocycles. The zero-order valence-corrected chi connectivity index (χ0v) is 11.1. The fourth-order valence-corrected chi connectivity index (χ4v) is 2.62. The summed E-state index contributed by atoms with van der Waals surface area (Å²) >= 11 is 3.21. The molecule has 3 heteroatoms. The van der Waals surface area contributed by atoms with E-state index in [1.807, 2.05) is 12.1 Å². The van der Waals surface area contributed by atoms with Crippen molar-refractivity contribution in [3.8, 4) is 0 Å². The summed E-state index contributed by atoms with van der Waals surface area (Å²) in [7, 11) is 0. The van der Waals surface area contributed by atoms with Gasteiger partial charge in [0.25, 0.3) is 0 Å². The van der Waals surface area contributed by atoms with Gasteiger partial charge in [-0.15, -0.1) is 0 Å². The van der Waals surface area contributed by atoms with E-state index in [1.165, 1.54) is 31.7 Å². The van der Waals surface area contributed by atoms with Gasteiger partial charge >= 0.3 is 0 Å². The molecule has 2 rings (SSSR count). The first kappa shape index (κ1) is 12.1. The second-order valence-corrected chi connectivity index (χ2v) is 5.44. The van der Waals surface area contributed by atoms with Gasteiger partial charge in [-0.25, -0.2) is 4.39 Å². The van der Waals surface area contributed by atoms with Crippen molar-refractivity contribution in [1.82, 2.24) is 5.32 Å². The molecule has 1 saturated carbocycles. The third kappa shape index (κ3) is 2.46. The second-order valence-electron chi connectivity index (χ2n) is 4.59. The first-order valence-corrected chi connectivity index (χ1v) is 6.63. The lowest BCUT2D eigenvalue weighted by Crippen LogP contribution is -2.49. The van der Waals surface area contributed by atoms with Crippen molar-refractivity contribution < 1.29 is 4.39 Å². The van der Waals surface area contributed by atoms with Crippen LogP contribution in [0.4, 0.5) is 4.39 Å². The number of halogens is 2. The standard InChI is InChI=1S/C13H17BrFN/c1-2-13(6-3-7-13)16-9-10-4-5-12(15)11(14)8-10/h4-5,8,16H,2-3,6-7,9H2,1H3. The van der Waals surface area contributed by atoms with E-state index in [1.54, 1.807) is 0 Å². The van der Waals surface area contributed by atoms with E-state index in [0.717, 1.165) is 12.1 Å². The predicted molar refractivity (Wildman–Crippen MR) is 67.8 cm³/mol. The van der Waals surface area contributed by atoms with E-state index < -0.39 is 0 Å². The molecule has 0 amide bonds. The summed E-state index contributed by atoms with van der Waals surface area (Å²) in [5, 5.41) is 3.60. The van der Waals surface area contributed by atoms with E-state index >= 15 is 0 Å². The Labute approximate surface area is 105 Å². The molecule has 1 aromatic rings. The minimum atomic E-state index is -0.197. The van der Waals surface area contributed by atoms with Crippen LogP contribution in [0.2, 0.25) is 0 Å². The lowest BCUT2D eigenvalue weighted by atomic mass is 9.75. The third-order valence-electron chi connectivity index (χ3n) is 3.64. The van der Waals surface area contributed by atoms with Gasteiger partial charge in [0.1, 0.15) is 5.82 Å². The molecule has 0 unspecified atom stereocenters. The van der Waals surface area contributed by atoms with Crippen molar-refractivity contribution in [1.29, 1.82) is 0 Å². The molecular weight excluding hydrogens is 269 g/mol. The Morgan fingerprint density at radius 2 is 2.19 bits per heavy atom. The molecule has 0 spiro atoms. The van der Waals surface area contributed by atoms with Crippen molar-refractivity contribution >= 4 is 15.9 Å². The molecule has 88 valence electrons. The van der Waals surface area contributed by atoms with Crippen molar-refractivity contribution in [3.63, 3.8) is 0 Å². The molecule has 0 saturated heterocycles. The van der Waals surface area contributed by atoms with Gasteiger partial charge in [0, 0.05) is 12.1 Å². The smallest absolute Gasteiger partial charge is 0.137 e. The summed E-state index contributed by atoms with van der Waals surface area (Å²) in [6.45, 7) is 3.06. The van der Waals surface area contributed by atoms with Gasteiger partial charge in [-0.2, -0.15) is 0 Å². The Hall–Kier alpha value is -0.410. The van der Waals surface area contributed by atoms with Crippen molar-refractivity contribution in [2.24, 2.45) is 0 Å². The Morgan fingerprint density at radius 3 is 2.69 bits per heavy atom. The Morgan fingerprint density at radius 1 is 1.44 bits per heavy atom. The first-order chi connectivity index (χ1) is 7.65. The van der Waals surface area contributed by atoms with Crippen LogP contribution in [0, 0.1) is 5.82 Å². The van der Waals surface area contributed by atoms with Gasteiger partial charge in [0.05, 0.1) is 4.47 Å². The highest BCUT2D eigenvalue weighted by Gasteiger charge is 2.34. The van der Waals surface area contributed by atoms with E-state index in [2.05, 4.69) is 28.2 Å². The summed E-state index contributed by atoms with van der Waals surface area (Å²) < 4.78 is 13.6. The van der Waals surface area contributed by atoms with E-state index in [-0.39, 0.29) is 5.82 Å².